The average molecular weight is 937 g/mol. The summed E-state index contributed by atoms with van der Waals surface area (Å²) in [7, 11) is -3.29. The molecule has 8 heterocycles. The Morgan fingerprint density at radius 2 is 1.58 bits per heavy atom. The van der Waals surface area contributed by atoms with Crippen molar-refractivity contribution in [2.45, 2.75) is 223 Å². The Bertz CT molecular complexity index is 1650. The lowest BCUT2D eigenvalue weighted by Crippen LogP contribution is -2.54. The molecule has 0 aromatic carbocycles. The van der Waals surface area contributed by atoms with Gasteiger partial charge in [-0.05, 0) is 104 Å². The summed E-state index contributed by atoms with van der Waals surface area (Å²) in [4.78, 5) is 13.5. The molecule has 8 rings (SSSR count). The summed E-state index contributed by atoms with van der Waals surface area (Å²) in [5, 5.41) is 9.49. The summed E-state index contributed by atoms with van der Waals surface area (Å²) in [5.74, 6) is 0.136. The van der Waals surface area contributed by atoms with Crippen molar-refractivity contribution in [2.75, 3.05) is 33.2 Å². The van der Waals surface area contributed by atoms with E-state index in [1.807, 2.05) is 0 Å². The first-order valence-electron chi connectivity index (χ1n) is 25.3. The zero-order valence-corrected chi connectivity index (χ0v) is 42.7. The predicted octanol–water partition coefficient (Wildman–Crippen LogP) is 9.41. The minimum atomic E-state index is -3.00. The second kappa shape index (κ2) is 21.5. The van der Waals surface area contributed by atoms with E-state index in [2.05, 4.69) is 61.6 Å². The van der Waals surface area contributed by atoms with Gasteiger partial charge in [-0.3, -0.25) is 9.36 Å². The second-order valence-corrected chi connectivity index (χ2v) is 28.9. The lowest BCUT2D eigenvalue weighted by Gasteiger charge is -2.42. The van der Waals surface area contributed by atoms with Crippen LogP contribution in [0.1, 0.15) is 126 Å². The van der Waals surface area contributed by atoms with Gasteiger partial charge in [0.2, 0.25) is 7.37 Å². The monoisotopic (exact) mass is 937 g/mol. The first-order valence-corrected chi connectivity index (χ1v) is 30.1. The molecule has 0 aliphatic carbocycles. The predicted molar refractivity (Wildman–Crippen MR) is 250 cm³/mol. The van der Waals surface area contributed by atoms with E-state index >= 15 is 0 Å². The van der Waals surface area contributed by atoms with Crippen molar-refractivity contribution in [3.05, 3.63) is 24.3 Å². The van der Waals surface area contributed by atoms with Gasteiger partial charge in [0.1, 0.15) is 24.1 Å². The van der Waals surface area contributed by atoms with E-state index in [1.54, 1.807) is 6.66 Å². The molecule has 1 N–H and O–H groups in total. The molecule has 8 aliphatic heterocycles. The number of carbonyl (C=O) groups is 1. The van der Waals surface area contributed by atoms with E-state index in [0.717, 1.165) is 87.3 Å². The third-order valence-corrected chi connectivity index (χ3v) is 23.3. The van der Waals surface area contributed by atoms with Gasteiger partial charge in [0.25, 0.3) is 0 Å². The molecule has 0 aromatic heterocycles. The van der Waals surface area contributed by atoms with Gasteiger partial charge in [-0.25, -0.2) is 0 Å². The maximum absolute atomic E-state index is 13.5. The Kier molecular flexibility index (Phi) is 17.1. The fourth-order valence-corrected chi connectivity index (χ4v) is 16.1. The maximum Gasteiger partial charge on any atom is 0.207 e. The minimum Gasteiger partial charge on any atom is -0.417 e. The van der Waals surface area contributed by atoms with Crippen molar-refractivity contribution in [3.8, 4) is 0 Å². The highest BCUT2D eigenvalue weighted by molar-refractivity contribution is 7.59. The Labute approximate surface area is 386 Å². The van der Waals surface area contributed by atoms with E-state index in [0.29, 0.717) is 31.6 Å². The van der Waals surface area contributed by atoms with Crippen molar-refractivity contribution in [1.29, 1.82) is 0 Å². The first-order chi connectivity index (χ1) is 30.5. The van der Waals surface area contributed by atoms with Gasteiger partial charge < -0.3 is 47.2 Å². The van der Waals surface area contributed by atoms with Crippen LogP contribution < -0.4 is 0 Å². The number of hydrogen-bond acceptors (Lipinski definition) is 12. The van der Waals surface area contributed by atoms with Crippen LogP contribution in [0.15, 0.2) is 24.3 Å². The molecule has 0 amide bonds. The molecule has 14 heteroatoms. The zero-order valence-electron chi connectivity index (χ0n) is 40.8. The molecule has 8 aliphatic rings. The fourth-order valence-electron chi connectivity index (χ4n) is 12.5. The van der Waals surface area contributed by atoms with Gasteiger partial charge in [0.05, 0.1) is 61.1 Å². The third kappa shape index (κ3) is 11.3. The van der Waals surface area contributed by atoms with Crippen molar-refractivity contribution < 1.29 is 56.6 Å². The molecule has 19 atom stereocenters. The van der Waals surface area contributed by atoms with E-state index in [4.69, 9.17) is 42.1 Å². The Balaban J connectivity index is 0.933. The molecule has 366 valence electrons. The Morgan fingerprint density at radius 3 is 2.28 bits per heavy atom. The summed E-state index contributed by atoms with van der Waals surface area (Å²) in [5.41, 5.74) is 2.23. The molecule has 0 saturated carbocycles. The summed E-state index contributed by atoms with van der Waals surface area (Å²) < 4.78 is 72.2. The number of aliphatic hydroxyl groups is 1. The average Bonchev–Trinajstić information content (AvgIpc) is 3.93. The number of ether oxygens (including phenoxy) is 7. The smallest absolute Gasteiger partial charge is 0.207 e. The first kappa shape index (κ1) is 51.1. The molecule has 3 unspecified atom stereocenters. The van der Waals surface area contributed by atoms with E-state index in [-0.39, 0.29) is 115 Å². The summed E-state index contributed by atoms with van der Waals surface area (Å²) in [6, 6.07) is 3.38. The molecule has 8 saturated heterocycles. The number of rotatable bonds is 24. The molecular weight excluding hydrogens is 852 g/mol. The molecule has 12 nitrogen and oxygen atoms in total. The van der Waals surface area contributed by atoms with Crippen LogP contribution in [0.5, 0.6) is 0 Å². The van der Waals surface area contributed by atoms with Crippen LogP contribution in [-0.4, -0.2) is 131 Å². The lowest BCUT2D eigenvalue weighted by atomic mass is 9.79. The molecule has 0 spiro atoms. The number of hydrogen-bond donors (Lipinski definition) is 1. The van der Waals surface area contributed by atoms with Crippen LogP contribution in [0, 0.1) is 29.6 Å². The van der Waals surface area contributed by atoms with Gasteiger partial charge in [0.15, 0.2) is 14.1 Å². The highest BCUT2D eigenvalue weighted by Gasteiger charge is 2.67. The van der Waals surface area contributed by atoms with Gasteiger partial charge in [-0.15, -0.1) is 0 Å². The maximum atomic E-state index is 13.5. The van der Waals surface area contributed by atoms with Crippen molar-refractivity contribution in [1.82, 2.24) is 0 Å². The van der Waals surface area contributed by atoms with E-state index in [9.17, 15) is 14.5 Å². The minimum absolute atomic E-state index is 0.0111. The molecule has 0 aromatic rings. The second-order valence-electron chi connectivity index (χ2n) is 21.4. The third-order valence-electron chi connectivity index (χ3n) is 17.0. The lowest BCUT2D eigenvalue weighted by molar-refractivity contribution is -0.263. The summed E-state index contributed by atoms with van der Waals surface area (Å²) >= 11 is 0. The van der Waals surface area contributed by atoms with Gasteiger partial charge in [-0.1, -0.05) is 61.6 Å². The quantitative estimate of drug-likeness (QED) is 0.0561. The highest BCUT2D eigenvalue weighted by atomic mass is 31.2. The SMILES string of the molecule is C=C1C[C@H](CC[C@@]23C[C@H]4O[C@@H]5[C@@H](O[C@@H](CCCO)[C@H](C)[C@@H]5O2)[C@H]4O3)OC1CC[C@H]1C[C@@H](C)C(=C)C(C[C@@H]2O[C@H](C[C@H](C)CO[Si](CC)(CC)CC)[C@H](C)[C@H]2CC(=O)CP(C)(=O)OC)O1. The van der Waals surface area contributed by atoms with Crippen molar-refractivity contribution >= 4 is 21.5 Å². The Morgan fingerprint density at radius 1 is 0.875 bits per heavy atom. The van der Waals surface area contributed by atoms with Crippen molar-refractivity contribution in [2.24, 2.45) is 29.6 Å². The number of ketones is 1. The van der Waals surface area contributed by atoms with Crippen LogP contribution in [0.3, 0.4) is 0 Å². The standard InChI is InChI=1S/C50H85O12PSi/c1-12-64(13-2,14-3)55-28-30(4)22-42-34(8)39(25-36(52)29-63(11,53)54-10)44(58-42)26-43-33(7)31(5)23-37(57-43)17-18-40-32(6)24-38(56-40)19-20-50-27-45-47(62-50)49-48(60-45)46(61-50)35(9)41(59-49)16-15-21-51/h30-31,34-35,37-49,51H,6-7,12-29H2,1-5,8-11H3/t30-,31+,34+,35-,37-,38-,39+,40?,41-,42+,43?,44-,45+,46-,47-,48-,49-,50+,63?/m0/s1. The number of carbonyl (C=O) groups excluding carboxylic acids is 1. The molecule has 0 radical (unpaired) electrons. The number of aliphatic hydroxyl groups excluding tert-OH is 1. The van der Waals surface area contributed by atoms with E-state index in [1.165, 1.54) is 7.11 Å². The topological polar surface area (TPSA) is 137 Å². The van der Waals surface area contributed by atoms with Crippen LogP contribution in [0.4, 0.5) is 0 Å². The molecule has 6 bridgehead atoms. The van der Waals surface area contributed by atoms with Gasteiger partial charge >= 0.3 is 0 Å². The van der Waals surface area contributed by atoms with Crippen LogP contribution >= 0.6 is 7.37 Å². The molecule has 8 fully saturated rings. The summed E-state index contributed by atoms with van der Waals surface area (Å²) in [6.45, 7) is 27.2. The van der Waals surface area contributed by atoms with Gasteiger partial charge in [0, 0.05) is 58.6 Å². The highest BCUT2D eigenvalue weighted by Crippen LogP contribution is 2.54. The van der Waals surface area contributed by atoms with E-state index < -0.39 is 21.5 Å². The number of Topliss-reactive ketones (excluding diaryl/α,β-unsaturated/α-hetero) is 1. The zero-order chi connectivity index (χ0) is 46.1. The van der Waals surface area contributed by atoms with Crippen LogP contribution in [0.25, 0.3) is 0 Å². The molecule has 64 heavy (non-hydrogen) atoms. The molecular formula is C50H85O12PSi. The normalized spacial score (nSPS) is 42.0. The Hall–Kier alpha value is -0.803. The van der Waals surface area contributed by atoms with Crippen LogP contribution in [0.2, 0.25) is 18.1 Å². The summed E-state index contributed by atoms with van der Waals surface area (Å²) in [6.07, 6.45) is 8.15. The van der Waals surface area contributed by atoms with Crippen molar-refractivity contribution in [3.63, 3.8) is 0 Å². The van der Waals surface area contributed by atoms with Crippen LogP contribution in [-0.2, 0) is 51.5 Å². The van der Waals surface area contributed by atoms with Gasteiger partial charge in [-0.2, -0.15) is 0 Å². The fraction of sp³-hybridized carbons (Fsp3) is 0.900. The largest absolute Gasteiger partial charge is 0.417 e.